The van der Waals surface area contributed by atoms with Gasteiger partial charge in [-0.1, -0.05) is 47.1 Å². The van der Waals surface area contributed by atoms with Crippen molar-refractivity contribution < 1.29 is 4.39 Å². The first-order valence-electron chi connectivity index (χ1n) is 6.33. The maximum absolute atomic E-state index is 13.7. The summed E-state index contributed by atoms with van der Waals surface area (Å²) in [6.07, 6.45) is 0.594. The van der Waals surface area contributed by atoms with Crippen molar-refractivity contribution in [1.29, 1.82) is 0 Å². The summed E-state index contributed by atoms with van der Waals surface area (Å²) in [4.78, 5) is 0. The summed E-state index contributed by atoms with van der Waals surface area (Å²) in [6, 6.07) is 13.2. The van der Waals surface area contributed by atoms with E-state index in [1.807, 2.05) is 18.2 Å². The number of hydrogen-bond acceptors (Lipinski definition) is 1. The maximum Gasteiger partial charge on any atom is 0.126 e. The van der Waals surface area contributed by atoms with Crippen LogP contribution in [0.4, 0.5) is 4.39 Å². The second-order valence-electron chi connectivity index (χ2n) is 4.79. The normalized spacial score (nSPS) is 12.4. The highest BCUT2D eigenvalue weighted by Gasteiger charge is 2.07. The predicted molar refractivity (Wildman–Crippen MR) is 80.8 cm³/mol. The molecule has 0 heterocycles. The fourth-order valence-electron chi connectivity index (χ4n) is 2.04. The fourth-order valence-corrected chi connectivity index (χ4v) is 2.45. The number of nitrogens with two attached hydrogens (primary N) is 1. The van der Waals surface area contributed by atoms with Crippen molar-refractivity contribution in [3.05, 3.63) is 69.4 Å². The minimum atomic E-state index is -0.166. The van der Waals surface area contributed by atoms with Crippen molar-refractivity contribution in [2.45, 2.75) is 19.3 Å². The van der Waals surface area contributed by atoms with E-state index < -0.39 is 0 Å². The van der Waals surface area contributed by atoms with E-state index in [1.165, 1.54) is 11.6 Å². The molecule has 1 unspecified atom stereocenters. The molecule has 0 bridgehead atoms. The van der Waals surface area contributed by atoms with Gasteiger partial charge in [0.1, 0.15) is 5.82 Å². The smallest absolute Gasteiger partial charge is 0.126 e. The van der Waals surface area contributed by atoms with Crippen LogP contribution < -0.4 is 5.73 Å². The molecule has 0 amide bonds. The Morgan fingerprint density at radius 1 is 1.21 bits per heavy atom. The zero-order chi connectivity index (χ0) is 13.8. The monoisotopic (exact) mass is 321 g/mol. The van der Waals surface area contributed by atoms with Gasteiger partial charge in [-0.15, -0.1) is 0 Å². The summed E-state index contributed by atoms with van der Waals surface area (Å²) in [6.45, 7) is 2.72. The van der Waals surface area contributed by atoms with Crippen LogP contribution in [0.25, 0.3) is 0 Å². The molecule has 0 aliphatic heterocycles. The van der Waals surface area contributed by atoms with Crippen molar-refractivity contribution >= 4 is 15.9 Å². The lowest BCUT2D eigenvalue weighted by atomic mass is 9.96. The minimum absolute atomic E-state index is 0.166. The summed E-state index contributed by atoms with van der Waals surface area (Å²) in [5, 5.41) is 0. The van der Waals surface area contributed by atoms with Gasteiger partial charge in [0, 0.05) is 10.9 Å². The zero-order valence-corrected chi connectivity index (χ0v) is 12.5. The Hall–Kier alpha value is -1.19. The molecule has 0 saturated carbocycles. The van der Waals surface area contributed by atoms with E-state index in [0.29, 0.717) is 24.4 Å². The molecule has 0 fully saturated rings. The molecule has 1 nitrogen and oxygen atoms in total. The predicted octanol–water partition coefficient (Wildman–Crippen LogP) is 4.24. The zero-order valence-electron chi connectivity index (χ0n) is 10.9. The second kappa shape index (κ2) is 6.31. The summed E-state index contributed by atoms with van der Waals surface area (Å²) in [5.74, 6) is 0.160. The summed E-state index contributed by atoms with van der Waals surface area (Å²) in [5.41, 5.74) is 8.70. The molecule has 3 heteroatoms. The molecule has 0 radical (unpaired) electrons. The molecular formula is C16H17BrFN. The van der Waals surface area contributed by atoms with E-state index in [1.54, 1.807) is 6.07 Å². The van der Waals surface area contributed by atoms with E-state index in [4.69, 9.17) is 5.73 Å². The fraction of sp³-hybridized carbons (Fsp3) is 0.250. The first-order valence-corrected chi connectivity index (χ1v) is 7.12. The lowest BCUT2D eigenvalue weighted by molar-refractivity contribution is 0.613. The van der Waals surface area contributed by atoms with Crippen molar-refractivity contribution in [1.82, 2.24) is 0 Å². The highest BCUT2D eigenvalue weighted by molar-refractivity contribution is 9.10. The van der Waals surface area contributed by atoms with E-state index in [9.17, 15) is 4.39 Å². The Morgan fingerprint density at radius 3 is 2.74 bits per heavy atom. The average Bonchev–Trinajstić information content (AvgIpc) is 2.42. The van der Waals surface area contributed by atoms with Crippen LogP contribution >= 0.6 is 15.9 Å². The molecule has 100 valence electrons. The van der Waals surface area contributed by atoms with Gasteiger partial charge >= 0.3 is 0 Å². The van der Waals surface area contributed by atoms with Crippen LogP contribution in [0.5, 0.6) is 0 Å². The molecule has 19 heavy (non-hydrogen) atoms. The van der Waals surface area contributed by atoms with Gasteiger partial charge in [-0.3, -0.25) is 0 Å². The van der Waals surface area contributed by atoms with Crippen molar-refractivity contribution in [2.75, 3.05) is 6.54 Å². The van der Waals surface area contributed by atoms with Crippen LogP contribution in [0.1, 0.15) is 29.5 Å². The van der Waals surface area contributed by atoms with E-state index in [-0.39, 0.29) is 5.82 Å². The average molecular weight is 322 g/mol. The highest BCUT2D eigenvalue weighted by Crippen LogP contribution is 2.21. The summed E-state index contributed by atoms with van der Waals surface area (Å²) < 4.78 is 14.6. The van der Waals surface area contributed by atoms with E-state index in [0.717, 1.165) is 10.0 Å². The van der Waals surface area contributed by atoms with Crippen LogP contribution in [-0.2, 0) is 6.42 Å². The third-order valence-corrected chi connectivity index (χ3v) is 3.77. The first-order chi connectivity index (χ1) is 9.10. The molecule has 1 atom stereocenters. The molecule has 0 aromatic heterocycles. The molecule has 0 saturated heterocycles. The van der Waals surface area contributed by atoms with Gasteiger partial charge in [0.25, 0.3) is 0 Å². The maximum atomic E-state index is 13.7. The Bertz CT molecular complexity index is 568. The summed E-state index contributed by atoms with van der Waals surface area (Å²) >= 11 is 3.38. The van der Waals surface area contributed by atoms with Gasteiger partial charge in [0.05, 0.1) is 0 Å². The lowest BCUT2D eigenvalue weighted by Crippen LogP contribution is -2.09. The largest absolute Gasteiger partial charge is 0.330 e. The van der Waals surface area contributed by atoms with E-state index >= 15 is 0 Å². The molecule has 0 spiro atoms. The van der Waals surface area contributed by atoms with Gasteiger partial charge in [-0.2, -0.15) is 0 Å². The molecule has 2 N–H and O–H groups in total. The van der Waals surface area contributed by atoms with E-state index in [2.05, 4.69) is 35.0 Å². The standard InChI is InChI=1S/C16H17BrFN/c1-11(10-19)13-4-2-3-12(7-13)8-14-9-15(17)5-6-16(14)18/h2-7,9,11H,8,10,19H2,1H3. The van der Waals surface area contributed by atoms with Gasteiger partial charge in [0.2, 0.25) is 0 Å². The Balaban J connectivity index is 2.26. The topological polar surface area (TPSA) is 26.0 Å². The lowest BCUT2D eigenvalue weighted by Gasteiger charge is -2.11. The molecule has 0 aliphatic carbocycles. The van der Waals surface area contributed by atoms with Gasteiger partial charge in [-0.05, 0) is 47.4 Å². The van der Waals surface area contributed by atoms with Crippen LogP contribution in [0.15, 0.2) is 46.9 Å². The molecule has 0 aliphatic rings. The van der Waals surface area contributed by atoms with Crippen molar-refractivity contribution in [3.63, 3.8) is 0 Å². The SMILES string of the molecule is CC(CN)c1cccc(Cc2cc(Br)ccc2F)c1. The third-order valence-electron chi connectivity index (χ3n) is 3.28. The Kier molecular flexibility index (Phi) is 4.72. The quantitative estimate of drug-likeness (QED) is 0.895. The number of halogens is 2. The van der Waals surface area contributed by atoms with Crippen LogP contribution in [0, 0.1) is 5.82 Å². The van der Waals surface area contributed by atoms with Crippen molar-refractivity contribution in [3.8, 4) is 0 Å². The molecule has 2 rings (SSSR count). The summed E-state index contributed by atoms with van der Waals surface area (Å²) in [7, 11) is 0. The third kappa shape index (κ3) is 3.64. The Morgan fingerprint density at radius 2 is 2.00 bits per heavy atom. The van der Waals surface area contributed by atoms with Crippen LogP contribution in [0.3, 0.4) is 0 Å². The number of rotatable bonds is 4. The van der Waals surface area contributed by atoms with Crippen molar-refractivity contribution in [2.24, 2.45) is 5.73 Å². The van der Waals surface area contributed by atoms with Gasteiger partial charge in [-0.25, -0.2) is 4.39 Å². The number of hydrogen-bond donors (Lipinski definition) is 1. The molecule has 2 aromatic rings. The van der Waals surface area contributed by atoms with Gasteiger partial charge < -0.3 is 5.73 Å². The first kappa shape index (κ1) is 14.2. The molecular weight excluding hydrogens is 305 g/mol. The van der Waals surface area contributed by atoms with Gasteiger partial charge in [0.15, 0.2) is 0 Å². The second-order valence-corrected chi connectivity index (χ2v) is 5.71. The Labute approximate surface area is 121 Å². The van der Waals surface area contributed by atoms with Crippen LogP contribution in [0.2, 0.25) is 0 Å². The van der Waals surface area contributed by atoms with Crippen LogP contribution in [-0.4, -0.2) is 6.54 Å². The highest BCUT2D eigenvalue weighted by atomic mass is 79.9. The minimum Gasteiger partial charge on any atom is -0.330 e. The number of benzene rings is 2. The molecule has 2 aromatic carbocycles.